The summed E-state index contributed by atoms with van der Waals surface area (Å²) in [5, 5.41) is 20.9. The van der Waals surface area contributed by atoms with E-state index in [2.05, 4.69) is 4.99 Å². The second-order valence-electron chi connectivity index (χ2n) is 7.26. The van der Waals surface area contributed by atoms with Crippen LogP contribution >= 0.6 is 22.9 Å². The van der Waals surface area contributed by atoms with Crippen LogP contribution in [0.2, 0.25) is 5.02 Å². The fraction of sp³-hybridized carbons (Fsp3) is 0.0909. The number of rotatable bonds is 3. The SMILES string of the molecule is Cc1c(-n2c(O)c(C3=c4cc(Cl)ccc4=NC3=O)sc2=N)c(=O)n(-c2ccccc2)n1C. The first-order chi connectivity index (χ1) is 15.3. The maximum atomic E-state index is 13.4. The normalized spacial score (nSPS) is 12.8. The van der Waals surface area contributed by atoms with Gasteiger partial charge >= 0.3 is 0 Å². The van der Waals surface area contributed by atoms with E-state index < -0.39 is 11.5 Å². The van der Waals surface area contributed by atoms with Crippen LogP contribution in [0.1, 0.15) is 10.6 Å². The Morgan fingerprint density at radius 1 is 1.12 bits per heavy atom. The first-order valence-corrected chi connectivity index (χ1v) is 10.8. The number of halogens is 1. The molecule has 0 saturated carbocycles. The zero-order valence-electron chi connectivity index (χ0n) is 17.0. The van der Waals surface area contributed by atoms with E-state index in [1.807, 2.05) is 18.2 Å². The molecule has 0 fully saturated rings. The van der Waals surface area contributed by atoms with Crippen molar-refractivity contribution in [3.05, 3.63) is 89.9 Å². The highest BCUT2D eigenvalue weighted by molar-refractivity contribution is 7.11. The van der Waals surface area contributed by atoms with Crippen molar-refractivity contribution in [2.24, 2.45) is 12.0 Å². The van der Waals surface area contributed by atoms with E-state index >= 15 is 0 Å². The van der Waals surface area contributed by atoms with E-state index in [1.165, 1.54) is 9.25 Å². The van der Waals surface area contributed by atoms with Gasteiger partial charge in [0.05, 0.1) is 22.3 Å². The number of carbonyl (C=O) groups is 1. The number of thiazole rings is 1. The van der Waals surface area contributed by atoms with Crippen LogP contribution in [0.15, 0.2) is 58.3 Å². The summed E-state index contributed by atoms with van der Waals surface area (Å²) in [5.41, 5.74) is 1.10. The molecule has 0 spiro atoms. The molecule has 2 N–H and O–H groups in total. The number of hydrogen-bond donors (Lipinski definition) is 2. The molecule has 2 aromatic carbocycles. The van der Waals surface area contributed by atoms with Crippen LogP contribution in [-0.2, 0) is 11.8 Å². The third kappa shape index (κ3) is 2.82. The van der Waals surface area contributed by atoms with Crippen LogP contribution in [0.5, 0.6) is 5.88 Å². The summed E-state index contributed by atoms with van der Waals surface area (Å²) in [6.45, 7) is 1.73. The quantitative estimate of drug-likeness (QED) is 0.479. The average Bonchev–Trinajstić information content (AvgIpc) is 3.31. The average molecular weight is 466 g/mol. The minimum absolute atomic E-state index is 0.0979. The molecule has 0 aliphatic carbocycles. The standard InChI is InChI=1S/C22H16ClN5O3S/c1-11-17(20(30)28(26(11)2)13-6-4-3-5-7-13)27-21(31)18(32-22(27)24)16-14-10-12(23)8-9-15(14)25-19(16)29/h3-10,24,31H,1-2H3. The Hall–Kier alpha value is -3.69. The number of aromatic hydroxyl groups is 1. The van der Waals surface area contributed by atoms with Gasteiger partial charge in [-0.3, -0.25) is 19.7 Å². The Morgan fingerprint density at radius 2 is 1.84 bits per heavy atom. The summed E-state index contributed by atoms with van der Waals surface area (Å²) in [6.07, 6.45) is 0. The molecule has 0 atom stereocenters. The Morgan fingerprint density at radius 3 is 2.56 bits per heavy atom. The Balaban J connectivity index is 1.79. The molecule has 160 valence electrons. The van der Waals surface area contributed by atoms with Gasteiger partial charge in [-0.15, -0.1) is 0 Å². The lowest BCUT2D eigenvalue weighted by atomic mass is 10.1. The number of para-hydroxylation sites is 1. The first-order valence-electron chi connectivity index (χ1n) is 9.56. The Labute approximate surface area is 189 Å². The number of benzene rings is 2. The molecule has 0 unspecified atom stereocenters. The van der Waals surface area contributed by atoms with Crippen LogP contribution in [0.25, 0.3) is 16.9 Å². The van der Waals surface area contributed by atoms with E-state index in [0.29, 0.717) is 27.0 Å². The molecule has 8 nitrogen and oxygen atoms in total. The van der Waals surface area contributed by atoms with Gasteiger partial charge in [0, 0.05) is 17.3 Å². The van der Waals surface area contributed by atoms with Gasteiger partial charge in [0.1, 0.15) is 10.6 Å². The monoisotopic (exact) mass is 465 g/mol. The summed E-state index contributed by atoms with van der Waals surface area (Å²) >= 11 is 7.00. The number of nitrogens with zero attached hydrogens (tertiary/aromatic N) is 4. The fourth-order valence-corrected chi connectivity index (χ4v) is 4.99. The lowest BCUT2D eigenvalue weighted by Gasteiger charge is -2.07. The van der Waals surface area contributed by atoms with Gasteiger partial charge in [0.15, 0.2) is 4.80 Å². The van der Waals surface area contributed by atoms with Crippen molar-refractivity contribution in [1.82, 2.24) is 13.9 Å². The fourth-order valence-electron chi connectivity index (χ4n) is 3.87. The minimum atomic E-state index is -0.530. The topological polar surface area (TPSA) is 105 Å². The lowest BCUT2D eigenvalue weighted by molar-refractivity contribution is -0.112. The second-order valence-corrected chi connectivity index (χ2v) is 8.69. The summed E-state index contributed by atoms with van der Waals surface area (Å²) < 4.78 is 4.29. The Bertz CT molecular complexity index is 1680. The van der Waals surface area contributed by atoms with Gasteiger partial charge in [-0.1, -0.05) is 41.1 Å². The van der Waals surface area contributed by atoms with E-state index in [0.717, 1.165) is 11.3 Å². The molecular formula is C22H16ClN5O3S. The third-order valence-corrected chi connectivity index (χ3v) is 6.66. The lowest BCUT2D eigenvalue weighted by Crippen LogP contribution is -2.24. The van der Waals surface area contributed by atoms with Crippen LogP contribution < -0.4 is 20.9 Å². The van der Waals surface area contributed by atoms with Gasteiger partial charge in [-0.05, 0) is 37.3 Å². The summed E-state index contributed by atoms with van der Waals surface area (Å²) in [4.78, 5) is 30.1. The van der Waals surface area contributed by atoms with Gasteiger partial charge in [-0.25, -0.2) is 14.2 Å². The molecule has 32 heavy (non-hydrogen) atoms. The van der Waals surface area contributed by atoms with Gasteiger partial charge in [0.2, 0.25) is 5.88 Å². The molecule has 10 heteroatoms. The van der Waals surface area contributed by atoms with Gasteiger partial charge in [0.25, 0.3) is 11.5 Å². The summed E-state index contributed by atoms with van der Waals surface area (Å²) in [7, 11) is 1.73. The van der Waals surface area contributed by atoms with Gasteiger partial charge in [-0.2, -0.15) is 0 Å². The largest absolute Gasteiger partial charge is 0.493 e. The minimum Gasteiger partial charge on any atom is -0.493 e. The molecule has 3 heterocycles. The molecular weight excluding hydrogens is 450 g/mol. The molecule has 1 amide bonds. The zero-order valence-corrected chi connectivity index (χ0v) is 18.5. The maximum absolute atomic E-state index is 13.4. The Kier molecular flexibility index (Phi) is 4.54. The third-order valence-electron chi connectivity index (χ3n) is 5.46. The van der Waals surface area contributed by atoms with Crippen molar-refractivity contribution in [2.75, 3.05) is 0 Å². The van der Waals surface area contributed by atoms with Crippen molar-refractivity contribution in [3.63, 3.8) is 0 Å². The van der Waals surface area contributed by atoms with E-state index in [9.17, 15) is 14.7 Å². The highest BCUT2D eigenvalue weighted by atomic mass is 35.5. The predicted octanol–water partition coefficient (Wildman–Crippen LogP) is 1.53. The van der Waals surface area contributed by atoms with Crippen molar-refractivity contribution < 1.29 is 9.90 Å². The summed E-state index contributed by atoms with van der Waals surface area (Å²) in [5.74, 6) is -0.894. The molecule has 0 saturated heterocycles. The zero-order chi connectivity index (χ0) is 22.7. The number of carbonyl (C=O) groups excluding carboxylic acids is 1. The van der Waals surface area contributed by atoms with Crippen LogP contribution in [-0.4, -0.2) is 24.9 Å². The van der Waals surface area contributed by atoms with E-state index in [4.69, 9.17) is 17.0 Å². The molecule has 2 aromatic heterocycles. The van der Waals surface area contributed by atoms with Crippen LogP contribution in [0, 0.1) is 12.3 Å². The molecule has 5 rings (SSSR count). The van der Waals surface area contributed by atoms with Crippen molar-refractivity contribution >= 4 is 34.4 Å². The highest BCUT2D eigenvalue weighted by Crippen LogP contribution is 2.30. The molecule has 1 aliphatic heterocycles. The predicted molar refractivity (Wildman–Crippen MR) is 120 cm³/mol. The molecule has 0 radical (unpaired) electrons. The number of nitrogens with one attached hydrogen (secondary N) is 1. The number of amides is 1. The van der Waals surface area contributed by atoms with Crippen molar-refractivity contribution in [2.45, 2.75) is 6.92 Å². The van der Waals surface area contributed by atoms with E-state index in [-0.39, 0.29) is 26.8 Å². The molecule has 0 bridgehead atoms. The number of fused-ring (bicyclic) bond motifs is 1. The van der Waals surface area contributed by atoms with Crippen LogP contribution in [0.3, 0.4) is 0 Å². The smallest absolute Gasteiger partial charge is 0.296 e. The van der Waals surface area contributed by atoms with Gasteiger partial charge < -0.3 is 5.11 Å². The van der Waals surface area contributed by atoms with Crippen LogP contribution in [0.4, 0.5) is 0 Å². The number of hydrogen-bond acceptors (Lipinski definition) is 5. The first kappa shape index (κ1) is 20.2. The second kappa shape index (κ2) is 7.18. The molecule has 4 aromatic rings. The van der Waals surface area contributed by atoms with E-state index in [1.54, 1.807) is 49.0 Å². The maximum Gasteiger partial charge on any atom is 0.296 e. The molecule has 1 aliphatic rings. The summed E-state index contributed by atoms with van der Waals surface area (Å²) in [6, 6.07) is 13.9. The van der Waals surface area contributed by atoms with Crippen molar-refractivity contribution in [1.29, 1.82) is 5.41 Å². The highest BCUT2D eigenvalue weighted by Gasteiger charge is 2.28. The number of aromatic nitrogens is 3. The van der Waals surface area contributed by atoms with Crippen molar-refractivity contribution in [3.8, 4) is 17.3 Å².